The van der Waals surface area contributed by atoms with Crippen LogP contribution in [0.3, 0.4) is 0 Å². The molecule has 0 aliphatic heterocycles. The maximum Gasteiger partial charge on any atom is 0.123 e. The van der Waals surface area contributed by atoms with Gasteiger partial charge in [0.1, 0.15) is 5.58 Å². The molecule has 0 fully saturated rings. The number of fused-ring (bicyclic) bond motifs is 4. The Morgan fingerprint density at radius 1 is 0.796 bits per heavy atom. The Morgan fingerprint density at radius 3 is 2.31 bits per heavy atom. The average molecular weight is 880 g/mol. The fourth-order valence-electron chi connectivity index (χ4n) is 6.24. The first kappa shape index (κ1) is 34.5. The van der Waals surface area contributed by atoms with Crippen LogP contribution in [0.5, 0.6) is 0 Å². The van der Waals surface area contributed by atoms with Crippen molar-refractivity contribution in [3.05, 3.63) is 139 Å². The second-order valence-electron chi connectivity index (χ2n) is 13.5. The minimum atomic E-state index is -1.87. The van der Waals surface area contributed by atoms with Crippen molar-refractivity contribution in [1.82, 2.24) is 19.5 Å². The van der Waals surface area contributed by atoms with Crippen LogP contribution in [-0.4, -0.2) is 32.8 Å². The quantitative estimate of drug-likeness (QED) is 0.123. The maximum atomic E-state index is 6.08. The molecule has 247 valence electrons. The molecule has 4 aromatic heterocycles. The molecule has 0 spiro atoms. The predicted molar refractivity (Wildman–Crippen MR) is 200 cm³/mol. The molecular formula is C42H38GeIrN4O-2. The van der Waals surface area contributed by atoms with Crippen LogP contribution in [0.4, 0.5) is 0 Å². The molecule has 0 aliphatic carbocycles. The molecule has 5 nitrogen and oxygen atoms in total. The zero-order chi connectivity index (χ0) is 33.3. The molecule has 8 aromatic rings. The number of furan rings is 1. The van der Waals surface area contributed by atoms with E-state index in [2.05, 4.69) is 94.3 Å². The smallest absolute Gasteiger partial charge is 0.123 e. The number of pyridine rings is 2. The molecule has 0 saturated heterocycles. The molecule has 0 unspecified atom stereocenters. The van der Waals surface area contributed by atoms with Gasteiger partial charge in [-0.05, 0) is 35.7 Å². The van der Waals surface area contributed by atoms with Crippen LogP contribution in [-0.2, 0) is 26.5 Å². The van der Waals surface area contributed by atoms with Gasteiger partial charge in [-0.3, -0.25) is 4.98 Å². The number of aromatic nitrogens is 4. The fraction of sp³-hybridized carbons (Fsp3) is 0.167. The van der Waals surface area contributed by atoms with Gasteiger partial charge in [-0.2, -0.15) is 0 Å². The number of benzene rings is 4. The average Bonchev–Trinajstić information content (AvgIpc) is 3.67. The van der Waals surface area contributed by atoms with Crippen LogP contribution in [0.1, 0.15) is 19.4 Å². The Bertz CT molecular complexity index is 2340. The Morgan fingerprint density at radius 2 is 1.55 bits per heavy atom. The second-order valence-corrected chi connectivity index (χ2v) is 24.1. The van der Waals surface area contributed by atoms with Crippen LogP contribution in [0.2, 0.25) is 17.3 Å². The molecule has 0 aliphatic rings. The zero-order valence-corrected chi connectivity index (χ0v) is 32.9. The number of nitrogens with zero attached hydrogens (tertiary/aromatic N) is 4. The monoisotopic (exact) mass is 881 g/mol. The van der Waals surface area contributed by atoms with E-state index in [4.69, 9.17) is 9.40 Å². The van der Waals surface area contributed by atoms with Gasteiger partial charge >= 0.3 is 125 Å². The van der Waals surface area contributed by atoms with Crippen molar-refractivity contribution in [3.63, 3.8) is 0 Å². The van der Waals surface area contributed by atoms with E-state index >= 15 is 0 Å². The molecule has 8 rings (SSSR count). The molecule has 1 radical (unpaired) electrons. The summed E-state index contributed by atoms with van der Waals surface area (Å²) in [5.41, 5.74) is 9.26. The summed E-state index contributed by atoms with van der Waals surface area (Å²) in [6.45, 7) is 4.55. The van der Waals surface area contributed by atoms with Crippen molar-refractivity contribution >= 4 is 50.6 Å². The first-order valence-electron chi connectivity index (χ1n) is 16.4. The Hall–Kier alpha value is -4.36. The number of rotatable bonds is 6. The van der Waals surface area contributed by atoms with Crippen molar-refractivity contribution in [2.24, 2.45) is 5.92 Å². The molecule has 0 atom stereocenters. The maximum absolute atomic E-state index is 6.08. The topological polar surface area (TPSA) is 56.7 Å². The van der Waals surface area contributed by atoms with Crippen LogP contribution in [0.25, 0.3) is 61.3 Å². The van der Waals surface area contributed by atoms with E-state index in [9.17, 15) is 0 Å². The van der Waals surface area contributed by atoms with Crippen LogP contribution >= 0.6 is 0 Å². The third-order valence-corrected chi connectivity index (χ3v) is 12.8. The van der Waals surface area contributed by atoms with Gasteiger partial charge in [0.05, 0.1) is 22.4 Å². The van der Waals surface area contributed by atoms with Crippen molar-refractivity contribution < 1.29 is 24.5 Å². The van der Waals surface area contributed by atoms with E-state index in [1.165, 1.54) is 9.96 Å². The fourth-order valence-corrected chi connectivity index (χ4v) is 9.58. The van der Waals surface area contributed by atoms with E-state index in [0.717, 1.165) is 67.7 Å². The first-order chi connectivity index (χ1) is 23.3. The van der Waals surface area contributed by atoms with Gasteiger partial charge in [-0.1, -0.05) is 60.0 Å². The summed E-state index contributed by atoms with van der Waals surface area (Å²) in [5.74, 6) is 8.81. The summed E-state index contributed by atoms with van der Waals surface area (Å²) in [4.78, 5) is 13.6. The Labute approximate surface area is 304 Å². The molecule has 0 saturated carbocycles. The predicted octanol–water partition coefficient (Wildman–Crippen LogP) is 10.1. The largest absolute Gasteiger partial charge is 0.476 e. The van der Waals surface area contributed by atoms with Gasteiger partial charge < -0.3 is 8.98 Å². The van der Waals surface area contributed by atoms with Crippen molar-refractivity contribution in [2.45, 2.75) is 37.5 Å². The van der Waals surface area contributed by atoms with Gasteiger partial charge in [0.15, 0.2) is 0 Å². The number of hydrogen-bond donors (Lipinski definition) is 0. The Balaban J connectivity index is 0.000000177. The van der Waals surface area contributed by atoms with E-state index < -0.39 is 13.3 Å². The third kappa shape index (κ3) is 7.33. The minimum absolute atomic E-state index is 0. The SMILES string of the molecule is CC(C)Cc1cc(-c2[c-]cncc2)nc[c]1[Ge]([CH3])([CH3])[CH3].[Ir].[c-]1cc2c(cc1-c1nc3ccccc3n1-c1ccccc1)oc1ccccc12. The third-order valence-electron chi connectivity index (χ3n) is 8.45. The number of hydrogen-bond acceptors (Lipinski definition) is 4. The molecule has 0 bridgehead atoms. The van der Waals surface area contributed by atoms with E-state index in [1.807, 2.05) is 72.8 Å². The summed E-state index contributed by atoms with van der Waals surface area (Å²) in [7, 11) is 0. The van der Waals surface area contributed by atoms with Crippen LogP contribution in [0.15, 0.2) is 126 Å². The molecule has 4 heterocycles. The molecule has 49 heavy (non-hydrogen) atoms. The molecule has 4 aromatic carbocycles. The van der Waals surface area contributed by atoms with Crippen molar-refractivity contribution in [3.8, 4) is 28.3 Å². The van der Waals surface area contributed by atoms with Gasteiger partial charge in [-0.15, -0.1) is 17.7 Å². The van der Waals surface area contributed by atoms with Gasteiger partial charge in [0.2, 0.25) is 0 Å². The Kier molecular flexibility index (Phi) is 10.3. The van der Waals surface area contributed by atoms with Gasteiger partial charge in [0, 0.05) is 25.8 Å². The summed E-state index contributed by atoms with van der Waals surface area (Å²) >= 11 is -1.87. The normalized spacial score (nSPS) is 11.5. The summed E-state index contributed by atoms with van der Waals surface area (Å²) < 4.78 is 9.78. The summed E-state index contributed by atoms with van der Waals surface area (Å²) in [6, 6.07) is 41.5. The standard InChI is InChI=1S/C25H15N2O.C17H23GeN2.Ir/c1-2-8-18(9-3-1)27-22-12-6-5-11-21(22)26-25(27)17-14-15-20-19-10-4-7-13-23(19)28-24(20)16-17;1-13(2)10-15-11-17(14-6-8-19-9-7-14)20-12-16(15)18(3,4)5;/h1-13,15-16H;6,8-9,11-13H,10H2,1-5H3;/q2*-1;. The minimum Gasteiger partial charge on any atom is -0.476 e. The second kappa shape index (κ2) is 14.6. The molecule has 7 heteroatoms. The molecular weight excluding hydrogens is 841 g/mol. The summed E-state index contributed by atoms with van der Waals surface area (Å²) in [5, 5.41) is 2.18. The van der Waals surface area contributed by atoms with E-state index in [0.29, 0.717) is 5.92 Å². The first-order valence-corrected chi connectivity index (χ1v) is 23.8. The van der Waals surface area contributed by atoms with Gasteiger partial charge in [-0.25, -0.2) is 0 Å². The van der Waals surface area contributed by atoms with Crippen molar-refractivity contribution in [1.29, 1.82) is 0 Å². The van der Waals surface area contributed by atoms with Crippen molar-refractivity contribution in [2.75, 3.05) is 0 Å². The summed E-state index contributed by atoms with van der Waals surface area (Å²) in [6.07, 6.45) is 6.74. The van der Waals surface area contributed by atoms with E-state index in [1.54, 1.807) is 12.4 Å². The number of para-hydroxylation sites is 4. The van der Waals surface area contributed by atoms with Crippen LogP contribution < -0.4 is 4.40 Å². The molecule has 0 N–H and O–H groups in total. The van der Waals surface area contributed by atoms with Gasteiger partial charge in [0.25, 0.3) is 0 Å². The zero-order valence-electron chi connectivity index (χ0n) is 28.4. The van der Waals surface area contributed by atoms with E-state index in [-0.39, 0.29) is 20.1 Å². The number of imidazole rings is 1. The molecule has 0 amide bonds. The van der Waals surface area contributed by atoms with Crippen LogP contribution in [0, 0.1) is 18.1 Å².